The van der Waals surface area contributed by atoms with E-state index < -0.39 is 6.10 Å². The summed E-state index contributed by atoms with van der Waals surface area (Å²) >= 11 is 6.23. The molecule has 2 unspecified atom stereocenters. The molecule has 112 valence electrons. The van der Waals surface area contributed by atoms with Gasteiger partial charge in [-0.25, -0.2) is 0 Å². The van der Waals surface area contributed by atoms with Crippen LogP contribution in [0.2, 0.25) is 5.02 Å². The molecule has 0 aliphatic rings. The number of benzene rings is 2. The number of hydrogen-bond donors (Lipinski definition) is 2. The van der Waals surface area contributed by atoms with Crippen LogP contribution in [0.1, 0.15) is 30.2 Å². The van der Waals surface area contributed by atoms with Crippen LogP contribution < -0.4 is 5.73 Å². The first-order chi connectivity index (χ1) is 9.99. The summed E-state index contributed by atoms with van der Waals surface area (Å²) in [4.78, 5) is 2.08. The van der Waals surface area contributed by atoms with E-state index in [-0.39, 0.29) is 6.04 Å². The van der Waals surface area contributed by atoms with Crippen molar-refractivity contribution >= 4 is 17.3 Å². The molecule has 2 aromatic carbocycles. The van der Waals surface area contributed by atoms with Crippen molar-refractivity contribution in [2.45, 2.75) is 19.1 Å². The molecule has 0 radical (unpaired) electrons. The van der Waals surface area contributed by atoms with Crippen LogP contribution in [0.4, 0.5) is 5.69 Å². The number of aliphatic hydroxyl groups is 1. The molecule has 3 N–H and O–H groups in total. The van der Waals surface area contributed by atoms with Crippen LogP contribution in [-0.4, -0.2) is 23.6 Å². The Morgan fingerprint density at radius 3 is 2.57 bits per heavy atom. The van der Waals surface area contributed by atoms with Gasteiger partial charge in [-0.2, -0.15) is 0 Å². The van der Waals surface area contributed by atoms with Crippen LogP contribution in [0.5, 0.6) is 0 Å². The van der Waals surface area contributed by atoms with Gasteiger partial charge in [0.2, 0.25) is 0 Å². The lowest BCUT2D eigenvalue weighted by atomic mass is 10.0. The standard InChI is InChI=1S/C17H21ClN2O/c1-12(15-8-3-4-9-16(15)18)20(2)11-17(21)13-6-5-7-14(19)10-13/h3-10,12,17,21H,11,19H2,1-2H3. The summed E-state index contributed by atoms with van der Waals surface area (Å²) in [6.45, 7) is 2.59. The lowest BCUT2D eigenvalue weighted by Crippen LogP contribution is -2.27. The van der Waals surface area contributed by atoms with Crippen molar-refractivity contribution in [1.29, 1.82) is 0 Å². The van der Waals surface area contributed by atoms with Crippen molar-refractivity contribution in [3.63, 3.8) is 0 Å². The maximum absolute atomic E-state index is 10.4. The normalized spacial score (nSPS) is 14.1. The molecule has 3 nitrogen and oxygen atoms in total. The van der Waals surface area contributed by atoms with E-state index in [1.165, 1.54) is 0 Å². The summed E-state index contributed by atoms with van der Waals surface area (Å²) in [6, 6.07) is 15.3. The Labute approximate surface area is 131 Å². The van der Waals surface area contributed by atoms with Crippen molar-refractivity contribution in [2.75, 3.05) is 19.3 Å². The molecule has 0 heterocycles. The van der Waals surface area contributed by atoms with Gasteiger partial charge in [-0.3, -0.25) is 4.90 Å². The second-order valence-corrected chi connectivity index (χ2v) is 5.73. The predicted octanol–water partition coefficient (Wildman–Crippen LogP) is 3.65. The Bertz CT molecular complexity index is 603. The number of anilines is 1. The topological polar surface area (TPSA) is 49.5 Å². The second-order valence-electron chi connectivity index (χ2n) is 5.32. The van der Waals surface area contributed by atoms with E-state index in [1.807, 2.05) is 49.5 Å². The number of nitrogens with two attached hydrogens (primary N) is 1. The third kappa shape index (κ3) is 3.97. The molecule has 0 saturated carbocycles. The summed E-state index contributed by atoms with van der Waals surface area (Å²) < 4.78 is 0. The minimum absolute atomic E-state index is 0.120. The van der Waals surface area contributed by atoms with Gasteiger partial charge in [-0.1, -0.05) is 41.9 Å². The molecule has 0 fully saturated rings. The van der Waals surface area contributed by atoms with Gasteiger partial charge in [0.25, 0.3) is 0 Å². The number of halogens is 1. The molecule has 0 bridgehead atoms. The van der Waals surface area contributed by atoms with Crippen LogP contribution in [0, 0.1) is 0 Å². The Kier molecular flexibility index (Phi) is 5.23. The van der Waals surface area contributed by atoms with Gasteiger partial charge in [-0.05, 0) is 43.3 Å². The number of nitrogen functional groups attached to an aromatic ring is 1. The first-order valence-electron chi connectivity index (χ1n) is 6.97. The van der Waals surface area contributed by atoms with Crippen molar-refractivity contribution in [3.05, 3.63) is 64.7 Å². The third-order valence-electron chi connectivity index (χ3n) is 3.77. The molecule has 0 aliphatic carbocycles. The largest absolute Gasteiger partial charge is 0.399 e. The van der Waals surface area contributed by atoms with Gasteiger partial charge < -0.3 is 10.8 Å². The molecule has 4 heteroatoms. The summed E-state index contributed by atoms with van der Waals surface area (Å²) in [6.07, 6.45) is -0.580. The number of nitrogens with zero attached hydrogens (tertiary/aromatic N) is 1. The van der Waals surface area contributed by atoms with Crippen molar-refractivity contribution in [1.82, 2.24) is 4.90 Å². The van der Waals surface area contributed by atoms with Gasteiger partial charge >= 0.3 is 0 Å². The Morgan fingerprint density at radius 2 is 1.90 bits per heavy atom. The van der Waals surface area contributed by atoms with E-state index in [2.05, 4.69) is 11.8 Å². The number of hydrogen-bond acceptors (Lipinski definition) is 3. The van der Waals surface area contributed by atoms with Gasteiger partial charge in [0.15, 0.2) is 0 Å². The predicted molar refractivity (Wildman–Crippen MR) is 88.3 cm³/mol. The highest BCUT2D eigenvalue weighted by Crippen LogP contribution is 2.27. The van der Waals surface area contributed by atoms with Gasteiger partial charge in [0.1, 0.15) is 0 Å². The van der Waals surface area contributed by atoms with Gasteiger partial charge in [0, 0.05) is 23.3 Å². The fraction of sp³-hybridized carbons (Fsp3) is 0.294. The Balaban J connectivity index is 2.07. The van der Waals surface area contributed by atoms with Crippen LogP contribution in [0.25, 0.3) is 0 Å². The summed E-state index contributed by atoms with van der Waals surface area (Å²) in [7, 11) is 1.98. The lowest BCUT2D eigenvalue weighted by Gasteiger charge is -2.28. The zero-order valence-corrected chi connectivity index (χ0v) is 13.1. The molecule has 0 aliphatic heterocycles. The van der Waals surface area contributed by atoms with E-state index in [0.29, 0.717) is 12.2 Å². The van der Waals surface area contributed by atoms with Gasteiger partial charge in [-0.15, -0.1) is 0 Å². The molecule has 2 rings (SSSR count). The van der Waals surface area contributed by atoms with Crippen LogP contribution >= 0.6 is 11.6 Å². The maximum atomic E-state index is 10.4. The highest BCUT2D eigenvalue weighted by Gasteiger charge is 2.18. The summed E-state index contributed by atoms with van der Waals surface area (Å²) in [5.41, 5.74) is 8.30. The van der Waals surface area contributed by atoms with E-state index in [1.54, 1.807) is 6.07 Å². The number of likely N-dealkylation sites (N-methyl/N-ethyl adjacent to an activating group) is 1. The Hall–Kier alpha value is -1.55. The molecule has 2 atom stereocenters. The molecular formula is C17H21ClN2O. The molecule has 21 heavy (non-hydrogen) atoms. The van der Waals surface area contributed by atoms with E-state index in [4.69, 9.17) is 17.3 Å². The summed E-state index contributed by atoms with van der Waals surface area (Å²) in [5.74, 6) is 0. The first kappa shape index (κ1) is 15.8. The average Bonchev–Trinajstić information content (AvgIpc) is 2.47. The zero-order valence-electron chi connectivity index (χ0n) is 12.3. The highest BCUT2D eigenvalue weighted by atomic mass is 35.5. The Morgan fingerprint density at radius 1 is 1.19 bits per heavy atom. The van der Waals surface area contributed by atoms with E-state index in [0.717, 1.165) is 16.1 Å². The minimum Gasteiger partial charge on any atom is -0.399 e. The number of rotatable bonds is 5. The van der Waals surface area contributed by atoms with Crippen LogP contribution in [0.3, 0.4) is 0 Å². The highest BCUT2D eigenvalue weighted by molar-refractivity contribution is 6.31. The average molecular weight is 305 g/mol. The van der Waals surface area contributed by atoms with Crippen molar-refractivity contribution < 1.29 is 5.11 Å². The van der Waals surface area contributed by atoms with E-state index >= 15 is 0 Å². The molecule has 0 amide bonds. The molecule has 0 aromatic heterocycles. The van der Waals surface area contributed by atoms with Crippen LogP contribution in [0.15, 0.2) is 48.5 Å². The molecule has 0 saturated heterocycles. The lowest BCUT2D eigenvalue weighted by molar-refractivity contribution is 0.108. The smallest absolute Gasteiger partial charge is 0.0917 e. The fourth-order valence-electron chi connectivity index (χ4n) is 2.35. The zero-order chi connectivity index (χ0) is 15.4. The molecule has 0 spiro atoms. The van der Waals surface area contributed by atoms with Gasteiger partial charge in [0.05, 0.1) is 6.10 Å². The monoisotopic (exact) mass is 304 g/mol. The van der Waals surface area contributed by atoms with E-state index in [9.17, 15) is 5.11 Å². The van der Waals surface area contributed by atoms with Crippen molar-refractivity contribution in [3.8, 4) is 0 Å². The first-order valence-corrected chi connectivity index (χ1v) is 7.35. The summed E-state index contributed by atoms with van der Waals surface area (Å²) in [5, 5.41) is 11.1. The quantitative estimate of drug-likeness (QED) is 0.829. The molecular weight excluding hydrogens is 284 g/mol. The maximum Gasteiger partial charge on any atom is 0.0917 e. The van der Waals surface area contributed by atoms with Crippen LogP contribution in [-0.2, 0) is 0 Å². The third-order valence-corrected chi connectivity index (χ3v) is 4.12. The number of aliphatic hydroxyl groups excluding tert-OH is 1. The second kappa shape index (κ2) is 6.94. The van der Waals surface area contributed by atoms with Crippen molar-refractivity contribution in [2.24, 2.45) is 0 Å². The SMILES string of the molecule is CC(c1ccccc1Cl)N(C)CC(O)c1cccc(N)c1. The fourth-order valence-corrected chi connectivity index (χ4v) is 2.65. The minimum atomic E-state index is -0.580. The molecule has 2 aromatic rings.